The smallest absolute Gasteiger partial charge is 0.270 e. The molecule has 0 radical (unpaired) electrons. The first kappa shape index (κ1) is 24.3. The molecule has 0 spiro atoms. The Labute approximate surface area is 212 Å². The Kier molecular flexibility index (Phi) is 7.47. The number of carbonyl (C=O) groups excluding carboxylic acids is 1. The fourth-order valence-corrected chi connectivity index (χ4v) is 5.13. The van der Waals surface area contributed by atoms with Gasteiger partial charge in [0.15, 0.2) is 0 Å². The Morgan fingerprint density at radius 1 is 0.944 bits per heavy atom. The zero-order valence-electron chi connectivity index (χ0n) is 20.9. The Bertz CT molecular complexity index is 1300. The third-order valence-electron chi connectivity index (χ3n) is 7.33. The molecule has 0 unspecified atom stereocenters. The molecule has 0 atom stereocenters. The van der Waals surface area contributed by atoms with Crippen molar-refractivity contribution in [2.45, 2.75) is 32.7 Å². The molecule has 186 valence electrons. The minimum atomic E-state index is -0.250. The lowest BCUT2D eigenvalue weighted by Gasteiger charge is -2.32. The van der Waals surface area contributed by atoms with Gasteiger partial charge in [0.2, 0.25) is 0 Å². The van der Waals surface area contributed by atoms with Gasteiger partial charge in [0.25, 0.3) is 5.91 Å². The van der Waals surface area contributed by atoms with Crippen LogP contribution in [0, 0.1) is 18.7 Å². The van der Waals surface area contributed by atoms with Gasteiger partial charge in [-0.1, -0.05) is 60.2 Å². The number of aryl methyl sites for hydroxylation is 1. The topological polar surface area (TPSA) is 37.3 Å². The highest BCUT2D eigenvalue weighted by atomic mass is 19.1. The zero-order valence-corrected chi connectivity index (χ0v) is 20.9. The number of nitrogens with one attached hydrogen (secondary N) is 1. The number of nitrogens with zero attached hydrogens (tertiary/aromatic N) is 2. The number of rotatable bonds is 8. The van der Waals surface area contributed by atoms with Gasteiger partial charge in [0, 0.05) is 30.5 Å². The number of carbonyl (C=O) groups is 1. The van der Waals surface area contributed by atoms with Gasteiger partial charge in [-0.25, -0.2) is 4.39 Å². The number of hydrogen-bond acceptors (Lipinski definition) is 2. The summed E-state index contributed by atoms with van der Waals surface area (Å²) >= 11 is 0. The molecule has 36 heavy (non-hydrogen) atoms. The molecule has 1 saturated heterocycles. The van der Waals surface area contributed by atoms with E-state index in [2.05, 4.69) is 41.1 Å². The Morgan fingerprint density at radius 3 is 2.39 bits per heavy atom. The summed E-state index contributed by atoms with van der Waals surface area (Å²) in [5.41, 5.74) is 5.36. The predicted molar refractivity (Wildman–Crippen MR) is 144 cm³/mol. The summed E-state index contributed by atoms with van der Waals surface area (Å²) in [6.45, 7) is 6.19. The van der Waals surface area contributed by atoms with Crippen molar-refractivity contribution in [2.75, 3.05) is 26.2 Å². The molecular weight excluding hydrogens is 449 g/mol. The highest BCUT2D eigenvalue weighted by Gasteiger charge is 2.26. The Hall–Kier alpha value is -3.44. The monoisotopic (exact) mass is 483 g/mol. The minimum Gasteiger partial charge on any atom is -0.337 e. The van der Waals surface area contributed by atoms with Gasteiger partial charge >= 0.3 is 0 Å². The molecule has 4 aromatic rings. The van der Waals surface area contributed by atoms with E-state index in [1.165, 1.54) is 23.3 Å². The van der Waals surface area contributed by atoms with E-state index in [9.17, 15) is 9.18 Å². The number of aromatic nitrogens is 1. The van der Waals surface area contributed by atoms with Crippen LogP contribution in [0.15, 0.2) is 78.9 Å². The van der Waals surface area contributed by atoms with Gasteiger partial charge in [-0.3, -0.25) is 4.79 Å². The molecule has 1 N–H and O–H groups in total. The lowest BCUT2D eigenvalue weighted by Crippen LogP contribution is -2.41. The van der Waals surface area contributed by atoms with Crippen LogP contribution in [0.4, 0.5) is 4.39 Å². The highest BCUT2D eigenvalue weighted by Crippen LogP contribution is 2.25. The maximum atomic E-state index is 13.6. The third kappa shape index (κ3) is 5.68. The normalized spacial score (nSPS) is 14.4. The van der Waals surface area contributed by atoms with Gasteiger partial charge < -0.3 is 14.8 Å². The minimum absolute atomic E-state index is 0.0825. The van der Waals surface area contributed by atoms with Gasteiger partial charge in [0.1, 0.15) is 11.5 Å². The first-order valence-electron chi connectivity index (χ1n) is 12.9. The molecule has 0 aliphatic carbocycles. The SMILES string of the molecule is Cc1ccc(CCNCC2CCN(C(=O)c3cc4ccccc4n3Cc3ccc(F)cc3)CC2)cc1. The fourth-order valence-electron chi connectivity index (χ4n) is 5.13. The van der Waals surface area contributed by atoms with E-state index in [1.807, 2.05) is 35.2 Å². The van der Waals surface area contributed by atoms with E-state index in [4.69, 9.17) is 0 Å². The molecule has 3 aromatic carbocycles. The van der Waals surface area contributed by atoms with Crippen molar-refractivity contribution in [1.29, 1.82) is 0 Å². The summed E-state index contributed by atoms with van der Waals surface area (Å²) in [5.74, 6) is 0.427. The number of benzene rings is 3. The molecule has 0 saturated carbocycles. The molecule has 0 bridgehead atoms. The van der Waals surface area contributed by atoms with Crippen LogP contribution in [0.2, 0.25) is 0 Å². The van der Waals surface area contributed by atoms with Crippen LogP contribution < -0.4 is 5.32 Å². The maximum absolute atomic E-state index is 13.6. The van der Waals surface area contributed by atoms with Crippen molar-refractivity contribution in [3.05, 3.63) is 107 Å². The van der Waals surface area contributed by atoms with Crippen LogP contribution in [0.25, 0.3) is 10.9 Å². The molecule has 5 rings (SSSR count). The number of hydrogen-bond donors (Lipinski definition) is 1. The third-order valence-corrected chi connectivity index (χ3v) is 7.33. The Morgan fingerprint density at radius 2 is 1.64 bits per heavy atom. The first-order valence-corrected chi connectivity index (χ1v) is 12.9. The number of halogens is 1. The van der Waals surface area contributed by atoms with Gasteiger partial charge in [-0.05, 0) is 80.6 Å². The second-order valence-electron chi connectivity index (χ2n) is 9.98. The molecule has 2 heterocycles. The lowest BCUT2D eigenvalue weighted by molar-refractivity contribution is 0.0680. The average Bonchev–Trinajstić information content (AvgIpc) is 3.27. The second kappa shape index (κ2) is 11.1. The summed E-state index contributed by atoms with van der Waals surface area (Å²) in [4.78, 5) is 15.6. The molecule has 1 aliphatic rings. The zero-order chi connectivity index (χ0) is 24.9. The molecule has 1 fully saturated rings. The van der Waals surface area contributed by atoms with E-state index in [0.717, 1.165) is 61.9 Å². The maximum Gasteiger partial charge on any atom is 0.270 e. The quantitative estimate of drug-likeness (QED) is 0.321. The van der Waals surface area contributed by atoms with Crippen LogP contribution in [0.1, 0.15) is 40.0 Å². The van der Waals surface area contributed by atoms with E-state index in [1.54, 1.807) is 12.1 Å². The number of para-hydroxylation sites is 1. The Balaban J connectivity index is 1.19. The van der Waals surface area contributed by atoms with Gasteiger partial charge in [0.05, 0.1) is 0 Å². The summed E-state index contributed by atoms with van der Waals surface area (Å²) in [7, 11) is 0. The molecule has 1 aromatic heterocycles. The van der Waals surface area contributed by atoms with E-state index in [-0.39, 0.29) is 11.7 Å². The molecule has 1 amide bonds. The van der Waals surface area contributed by atoms with Crippen molar-refractivity contribution in [3.63, 3.8) is 0 Å². The summed E-state index contributed by atoms with van der Waals surface area (Å²) < 4.78 is 15.5. The van der Waals surface area contributed by atoms with E-state index in [0.29, 0.717) is 18.2 Å². The number of piperidine rings is 1. The van der Waals surface area contributed by atoms with Crippen LogP contribution in [-0.4, -0.2) is 41.6 Å². The molecular formula is C31H34FN3O. The molecule has 5 heteroatoms. The first-order chi connectivity index (χ1) is 17.6. The standard InChI is InChI=1S/C31H34FN3O/c1-23-6-8-24(9-7-23)14-17-33-21-25-15-18-34(19-16-25)31(36)30-20-27-4-2-3-5-29(27)35(30)22-26-10-12-28(32)13-11-26/h2-13,20,25,33H,14-19,21-22H2,1H3. The number of likely N-dealkylation sites (tertiary alicyclic amines) is 1. The van der Waals surface area contributed by atoms with Crippen molar-refractivity contribution in [1.82, 2.24) is 14.8 Å². The number of amides is 1. The summed E-state index contributed by atoms with van der Waals surface area (Å²) in [6, 6.07) is 25.3. The molecule has 4 nitrogen and oxygen atoms in total. The van der Waals surface area contributed by atoms with Crippen molar-refractivity contribution >= 4 is 16.8 Å². The van der Waals surface area contributed by atoms with Crippen molar-refractivity contribution in [2.24, 2.45) is 5.92 Å². The second-order valence-corrected chi connectivity index (χ2v) is 9.98. The predicted octanol–water partition coefficient (Wildman–Crippen LogP) is 5.82. The van der Waals surface area contributed by atoms with E-state index < -0.39 is 0 Å². The van der Waals surface area contributed by atoms with Gasteiger partial charge in [-0.2, -0.15) is 0 Å². The lowest BCUT2D eigenvalue weighted by atomic mass is 9.96. The van der Waals surface area contributed by atoms with Crippen molar-refractivity contribution in [3.8, 4) is 0 Å². The largest absolute Gasteiger partial charge is 0.337 e. The molecule has 1 aliphatic heterocycles. The van der Waals surface area contributed by atoms with Crippen molar-refractivity contribution < 1.29 is 9.18 Å². The van der Waals surface area contributed by atoms with Crippen LogP contribution in [0.3, 0.4) is 0 Å². The van der Waals surface area contributed by atoms with E-state index >= 15 is 0 Å². The summed E-state index contributed by atoms with van der Waals surface area (Å²) in [6.07, 6.45) is 3.07. The van der Waals surface area contributed by atoms with Crippen LogP contribution >= 0.6 is 0 Å². The van der Waals surface area contributed by atoms with Crippen LogP contribution in [0.5, 0.6) is 0 Å². The van der Waals surface area contributed by atoms with Crippen LogP contribution in [-0.2, 0) is 13.0 Å². The van der Waals surface area contributed by atoms with Gasteiger partial charge in [-0.15, -0.1) is 0 Å². The summed E-state index contributed by atoms with van der Waals surface area (Å²) in [5, 5.41) is 4.67. The number of fused-ring (bicyclic) bond motifs is 1. The highest BCUT2D eigenvalue weighted by molar-refractivity contribution is 5.99. The fraction of sp³-hybridized carbons (Fsp3) is 0.323. The average molecular weight is 484 g/mol.